The molecular weight excluding hydrogens is 406 g/mol. The molecule has 3 aromatic heterocycles. The number of aryl methyl sites for hydroxylation is 2. The number of amides is 1. The van der Waals surface area contributed by atoms with Crippen molar-refractivity contribution in [3.8, 4) is 0 Å². The van der Waals surface area contributed by atoms with Crippen molar-refractivity contribution < 1.29 is 4.79 Å². The van der Waals surface area contributed by atoms with Crippen LogP contribution in [0.3, 0.4) is 0 Å². The second kappa shape index (κ2) is 8.31. The normalized spacial score (nSPS) is 15.8. The van der Waals surface area contributed by atoms with Gasteiger partial charge in [0, 0.05) is 10.9 Å². The highest BCUT2D eigenvalue weighted by Gasteiger charge is 2.22. The Morgan fingerprint density at radius 3 is 2.93 bits per heavy atom. The Hall–Kier alpha value is -2.13. The quantitative estimate of drug-likeness (QED) is 0.611. The molecule has 154 valence electrons. The summed E-state index contributed by atoms with van der Waals surface area (Å²) < 4.78 is 1.94. The number of nitrogens with zero attached hydrogens (tertiary/aromatic N) is 3. The Morgan fingerprint density at radius 1 is 1.41 bits per heavy atom. The molecule has 29 heavy (non-hydrogen) atoms. The summed E-state index contributed by atoms with van der Waals surface area (Å²) in [5, 5.41) is 7.79. The fourth-order valence-electron chi connectivity index (χ4n) is 3.73. The van der Waals surface area contributed by atoms with E-state index in [0.29, 0.717) is 23.0 Å². The molecule has 9 heteroatoms. The molecule has 4 rings (SSSR count). The van der Waals surface area contributed by atoms with Crippen molar-refractivity contribution in [3.63, 3.8) is 0 Å². The number of anilines is 1. The topological polar surface area (TPSA) is 92.7 Å². The first kappa shape index (κ1) is 20.2. The van der Waals surface area contributed by atoms with Crippen LogP contribution in [0.1, 0.15) is 54.9 Å². The standard InChI is InChI=1S/C20H25N5O2S2/c1-11-12(2)29-20-17(11)19(27)22-15(23-20)10-28-13(3)18(26)24-16-8-9-21-25(16)14-6-4-5-7-14/h8-9,13-14H,4-7,10H2,1-3H3,(H,24,26)(H,22,23,27). The molecule has 1 atom stereocenters. The minimum atomic E-state index is -0.283. The number of aromatic amines is 1. The SMILES string of the molecule is Cc1sc2nc(CSC(C)C(=O)Nc3ccnn3C3CCCC3)[nH]c(=O)c2c1C. The zero-order valence-electron chi connectivity index (χ0n) is 16.8. The third-order valence-corrected chi connectivity index (χ3v) is 7.77. The third-order valence-electron chi connectivity index (χ3n) is 5.52. The van der Waals surface area contributed by atoms with Crippen LogP contribution in [0.5, 0.6) is 0 Å². The molecule has 2 N–H and O–H groups in total. The molecule has 3 aromatic rings. The van der Waals surface area contributed by atoms with Gasteiger partial charge in [0.25, 0.3) is 5.56 Å². The molecule has 0 aliphatic heterocycles. The van der Waals surface area contributed by atoms with Crippen LogP contribution in [0, 0.1) is 13.8 Å². The first-order chi connectivity index (χ1) is 13.9. The van der Waals surface area contributed by atoms with Crippen molar-refractivity contribution in [1.29, 1.82) is 0 Å². The number of hydrogen-bond donors (Lipinski definition) is 2. The van der Waals surface area contributed by atoms with Gasteiger partial charge in [0.1, 0.15) is 16.5 Å². The van der Waals surface area contributed by atoms with Crippen LogP contribution in [0.2, 0.25) is 0 Å². The van der Waals surface area contributed by atoms with Gasteiger partial charge in [-0.2, -0.15) is 5.10 Å². The second-order valence-corrected chi connectivity index (χ2v) is 10.1. The first-order valence-corrected chi connectivity index (χ1v) is 11.8. The van der Waals surface area contributed by atoms with Gasteiger partial charge in [0.05, 0.1) is 28.6 Å². The van der Waals surface area contributed by atoms with E-state index >= 15 is 0 Å². The van der Waals surface area contributed by atoms with E-state index in [2.05, 4.69) is 20.4 Å². The fourth-order valence-corrected chi connectivity index (χ4v) is 5.53. The van der Waals surface area contributed by atoms with Crippen LogP contribution in [-0.4, -0.2) is 30.9 Å². The Kier molecular flexibility index (Phi) is 5.78. The molecular formula is C20H25N5O2S2. The average Bonchev–Trinajstić information content (AvgIpc) is 3.41. The van der Waals surface area contributed by atoms with Gasteiger partial charge in [-0.25, -0.2) is 9.67 Å². The van der Waals surface area contributed by atoms with Crippen LogP contribution in [0.25, 0.3) is 10.2 Å². The van der Waals surface area contributed by atoms with E-state index in [1.165, 1.54) is 35.9 Å². The van der Waals surface area contributed by atoms with Gasteiger partial charge in [0.2, 0.25) is 5.91 Å². The molecule has 7 nitrogen and oxygen atoms in total. The molecule has 1 fully saturated rings. The molecule has 1 amide bonds. The van der Waals surface area contributed by atoms with Crippen molar-refractivity contribution in [1.82, 2.24) is 19.7 Å². The van der Waals surface area contributed by atoms with Crippen LogP contribution in [-0.2, 0) is 10.5 Å². The lowest BCUT2D eigenvalue weighted by Gasteiger charge is -2.16. The predicted octanol–water partition coefficient (Wildman–Crippen LogP) is 4.17. The maximum Gasteiger partial charge on any atom is 0.259 e. The zero-order chi connectivity index (χ0) is 20.5. The van der Waals surface area contributed by atoms with Gasteiger partial charge in [-0.3, -0.25) is 9.59 Å². The van der Waals surface area contributed by atoms with Crippen molar-refractivity contribution in [3.05, 3.63) is 38.9 Å². The average molecular weight is 432 g/mol. The number of H-pyrrole nitrogens is 1. The van der Waals surface area contributed by atoms with Crippen LogP contribution in [0.4, 0.5) is 5.82 Å². The highest BCUT2D eigenvalue weighted by molar-refractivity contribution is 7.99. The number of rotatable bonds is 6. The van der Waals surface area contributed by atoms with Crippen LogP contribution >= 0.6 is 23.1 Å². The maximum absolute atomic E-state index is 12.7. The summed E-state index contributed by atoms with van der Waals surface area (Å²) in [6.45, 7) is 5.81. The fraction of sp³-hybridized carbons (Fsp3) is 0.500. The molecule has 3 heterocycles. The highest BCUT2D eigenvalue weighted by Crippen LogP contribution is 2.31. The van der Waals surface area contributed by atoms with Crippen molar-refractivity contribution in [2.45, 2.75) is 63.5 Å². The highest BCUT2D eigenvalue weighted by atomic mass is 32.2. The minimum Gasteiger partial charge on any atom is -0.310 e. The monoisotopic (exact) mass is 431 g/mol. The predicted molar refractivity (Wildman–Crippen MR) is 119 cm³/mol. The summed E-state index contributed by atoms with van der Waals surface area (Å²) in [6.07, 6.45) is 6.38. The molecule has 1 aliphatic carbocycles. The number of fused-ring (bicyclic) bond motifs is 1. The molecule has 1 unspecified atom stereocenters. The molecule has 0 spiro atoms. The second-order valence-electron chi connectivity index (χ2n) is 7.52. The molecule has 0 radical (unpaired) electrons. The largest absolute Gasteiger partial charge is 0.310 e. The number of nitrogens with one attached hydrogen (secondary N) is 2. The molecule has 0 bridgehead atoms. The van der Waals surface area contributed by atoms with Gasteiger partial charge >= 0.3 is 0 Å². The van der Waals surface area contributed by atoms with E-state index in [4.69, 9.17) is 0 Å². The smallest absolute Gasteiger partial charge is 0.259 e. The zero-order valence-corrected chi connectivity index (χ0v) is 18.5. The van der Waals surface area contributed by atoms with E-state index in [1.54, 1.807) is 6.20 Å². The summed E-state index contributed by atoms with van der Waals surface area (Å²) in [4.78, 5) is 34.4. The molecule has 0 saturated heterocycles. The number of hydrogen-bond acceptors (Lipinski definition) is 6. The Morgan fingerprint density at radius 2 is 2.17 bits per heavy atom. The van der Waals surface area contributed by atoms with Crippen molar-refractivity contribution >= 4 is 45.0 Å². The lowest BCUT2D eigenvalue weighted by Crippen LogP contribution is -2.25. The van der Waals surface area contributed by atoms with Gasteiger partial charge in [-0.1, -0.05) is 12.8 Å². The van der Waals surface area contributed by atoms with E-state index < -0.39 is 0 Å². The Balaban J connectivity index is 1.40. The lowest BCUT2D eigenvalue weighted by atomic mass is 10.2. The summed E-state index contributed by atoms with van der Waals surface area (Å²) in [5.41, 5.74) is 0.884. The summed E-state index contributed by atoms with van der Waals surface area (Å²) in [5.74, 6) is 1.76. The molecule has 1 saturated carbocycles. The van der Waals surface area contributed by atoms with Crippen molar-refractivity contribution in [2.75, 3.05) is 5.32 Å². The van der Waals surface area contributed by atoms with Crippen LogP contribution < -0.4 is 10.9 Å². The first-order valence-electron chi connectivity index (χ1n) is 9.89. The molecule has 0 aromatic carbocycles. The summed E-state index contributed by atoms with van der Waals surface area (Å²) in [6, 6.07) is 2.23. The summed E-state index contributed by atoms with van der Waals surface area (Å²) >= 11 is 2.99. The van der Waals surface area contributed by atoms with Crippen molar-refractivity contribution in [2.24, 2.45) is 0 Å². The van der Waals surface area contributed by atoms with Crippen LogP contribution in [0.15, 0.2) is 17.1 Å². The van der Waals surface area contributed by atoms with E-state index in [0.717, 1.165) is 33.9 Å². The summed E-state index contributed by atoms with van der Waals surface area (Å²) in [7, 11) is 0. The lowest BCUT2D eigenvalue weighted by molar-refractivity contribution is -0.115. The molecule has 1 aliphatic rings. The van der Waals surface area contributed by atoms with Gasteiger partial charge in [-0.05, 0) is 39.2 Å². The number of aromatic nitrogens is 4. The van der Waals surface area contributed by atoms with E-state index in [-0.39, 0.29) is 16.7 Å². The number of thiophene rings is 1. The number of carbonyl (C=O) groups excluding carboxylic acids is 1. The van der Waals surface area contributed by atoms with E-state index in [9.17, 15) is 9.59 Å². The Labute approximate surface area is 177 Å². The maximum atomic E-state index is 12.7. The van der Waals surface area contributed by atoms with Gasteiger partial charge in [-0.15, -0.1) is 23.1 Å². The van der Waals surface area contributed by atoms with E-state index in [1.807, 2.05) is 31.5 Å². The van der Waals surface area contributed by atoms with Gasteiger partial charge in [0.15, 0.2) is 0 Å². The number of thioether (sulfide) groups is 1. The number of carbonyl (C=O) groups is 1. The minimum absolute atomic E-state index is 0.0685. The Bertz CT molecular complexity index is 1090. The third kappa shape index (κ3) is 4.11. The van der Waals surface area contributed by atoms with Gasteiger partial charge < -0.3 is 10.3 Å².